The first-order valence-electron chi connectivity index (χ1n) is 4.59. The van der Waals surface area contributed by atoms with E-state index in [4.69, 9.17) is 0 Å². The highest BCUT2D eigenvalue weighted by atomic mass is 19.1. The maximum atomic E-state index is 12.6. The molecule has 0 radical (unpaired) electrons. The van der Waals surface area contributed by atoms with Gasteiger partial charge < -0.3 is 0 Å². The molecule has 0 N–H and O–H groups in total. The van der Waals surface area contributed by atoms with Gasteiger partial charge in [-0.3, -0.25) is 4.98 Å². The van der Waals surface area contributed by atoms with Crippen molar-refractivity contribution in [1.29, 1.82) is 0 Å². The van der Waals surface area contributed by atoms with Crippen molar-refractivity contribution >= 4 is 12.2 Å². The lowest BCUT2D eigenvalue weighted by molar-refractivity contribution is 0.618. The monoisotopic (exact) mass is 193 g/mol. The Bertz CT molecular complexity index is 407. The van der Waals surface area contributed by atoms with E-state index >= 15 is 0 Å². The summed E-state index contributed by atoms with van der Waals surface area (Å²) in [7, 11) is 0. The highest BCUT2D eigenvalue weighted by Gasteiger charge is 1.91. The van der Waals surface area contributed by atoms with Gasteiger partial charge in [-0.15, -0.1) is 0 Å². The number of hydrogen-bond acceptors (Lipinski definition) is 1. The van der Waals surface area contributed by atoms with Crippen molar-refractivity contribution in [3.8, 4) is 0 Å². The van der Waals surface area contributed by atoms with E-state index in [9.17, 15) is 4.39 Å². The Morgan fingerprint density at radius 2 is 2.07 bits per heavy atom. The summed E-state index contributed by atoms with van der Waals surface area (Å²) < 4.78 is 12.6. The summed E-state index contributed by atoms with van der Waals surface area (Å²) in [6.07, 6.45) is 2.85. The number of aromatic nitrogens is 1. The summed E-state index contributed by atoms with van der Waals surface area (Å²) in [6.45, 7) is 13.1. The van der Waals surface area contributed by atoms with E-state index in [1.54, 1.807) is 6.08 Å². The Labute approximate surface area is 84.3 Å². The third kappa shape index (κ3) is 3.13. The van der Waals surface area contributed by atoms with Crippen molar-refractivity contribution in [2.75, 3.05) is 0 Å². The van der Waals surface area contributed by atoms with Crippen LogP contribution in [0.15, 0.2) is 24.9 Å². The van der Waals surface area contributed by atoms with E-state index in [1.807, 2.05) is 20.8 Å². The van der Waals surface area contributed by atoms with Crippen LogP contribution < -0.4 is 10.6 Å². The van der Waals surface area contributed by atoms with Gasteiger partial charge in [0.05, 0.1) is 11.5 Å². The summed E-state index contributed by atoms with van der Waals surface area (Å²) in [5.74, 6) is -0.361. The average molecular weight is 193 g/mol. The maximum Gasteiger partial charge on any atom is 0.142 e. The molecule has 0 saturated heterocycles. The predicted octanol–water partition coefficient (Wildman–Crippen LogP) is 2.01. The number of rotatable bonds is 1. The molecule has 1 rings (SSSR count). The van der Waals surface area contributed by atoms with Gasteiger partial charge in [-0.25, -0.2) is 4.39 Å². The lowest BCUT2D eigenvalue weighted by Gasteiger charge is -1.92. The van der Waals surface area contributed by atoms with Gasteiger partial charge >= 0.3 is 0 Å². The third-order valence-electron chi connectivity index (χ3n) is 1.61. The summed E-state index contributed by atoms with van der Waals surface area (Å²) in [5, 5.41) is 1.29. The summed E-state index contributed by atoms with van der Waals surface area (Å²) in [4.78, 5) is 3.90. The number of halogens is 1. The molecule has 14 heavy (non-hydrogen) atoms. The maximum absolute atomic E-state index is 12.6. The van der Waals surface area contributed by atoms with Gasteiger partial charge in [0, 0.05) is 0 Å². The smallest absolute Gasteiger partial charge is 0.142 e. The minimum atomic E-state index is -0.361. The van der Waals surface area contributed by atoms with E-state index in [1.165, 1.54) is 12.3 Å². The SMILES string of the molecule is C=C/C(C)=c1/ncc(F)cc1=C.CC. The highest BCUT2D eigenvalue weighted by molar-refractivity contribution is 5.51. The van der Waals surface area contributed by atoms with Crippen LogP contribution in [0.3, 0.4) is 0 Å². The van der Waals surface area contributed by atoms with Crippen molar-refractivity contribution in [1.82, 2.24) is 4.98 Å². The zero-order valence-corrected chi connectivity index (χ0v) is 8.97. The number of nitrogens with zero attached hydrogens (tertiary/aromatic N) is 1. The molecule has 0 aliphatic heterocycles. The number of allylic oxidation sites excluding steroid dienone is 1. The molecule has 1 aromatic heterocycles. The minimum Gasteiger partial charge on any atom is -0.253 e. The van der Waals surface area contributed by atoms with Crippen LogP contribution in [0, 0.1) is 5.82 Å². The van der Waals surface area contributed by atoms with Crippen molar-refractivity contribution in [2.24, 2.45) is 0 Å². The van der Waals surface area contributed by atoms with Crippen LogP contribution in [0.1, 0.15) is 20.8 Å². The molecule has 0 aromatic carbocycles. The van der Waals surface area contributed by atoms with Crippen molar-refractivity contribution in [2.45, 2.75) is 20.8 Å². The highest BCUT2D eigenvalue weighted by Crippen LogP contribution is 1.88. The number of pyridine rings is 1. The molecule has 0 spiro atoms. The Kier molecular flexibility index (Phi) is 5.46. The van der Waals surface area contributed by atoms with Crippen LogP contribution in [-0.2, 0) is 0 Å². The Hall–Kier alpha value is -1.44. The summed E-state index contributed by atoms with van der Waals surface area (Å²) >= 11 is 0. The fourth-order valence-corrected chi connectivity index (χ4v) is 0.933. The Balaban J connectivity index is 0.000000791. The second-order valence-electron chi connectivity index (χ2n) is 2.55. The molecular weight excluding hydrogens is 177 g/mol. The molecular formula is C12H16FN. The largest absolute Gasteiger partial charge is 0.253 e. The summed E-state index contributed by atoms with van der Waals surface area (Å²) in [5.41, 5.74) is 0.903. The van der Waals surface area contributed by atoms with E-state index in [-0.39, 0.29) is 5.82 Å². The van der Waals surface area contributed by atoms with E-state index in [0.717, 1.165) is 5.57 Å². The predicted molar refractivity (Wildman–Crippen MR) is 59.6 cm³/mol. The van der Waals surface area contributed by atoms with Gasteiger partial charge in [-0.1, -0.05) is 33.1 Å². The molecule has 1 aromatic rings. The molecule has 0 aliphatic carbocycles. The van der Waals surface area contributed by atoms with Crippen LogP contribution in [-0.4, -0.2) is 4.98 Å². The molecule has 0 fully saturated rings. The van der Waals surface area contributed by atoms with Gasteiger partial charge in [-0.2, -0.15) is 0 Å². The molecule has 0 atom stereocenters. The average Bonchev–Trinajstić information content (AvgIpc) is 2.20. The van der Waals surface area contributed by atoms with Gasteiger partial charge in [0.15, 0.2) is 0 Å². The van der Waals surface area contributed by atoms with Crippen molar-refractivity contribution < 1.29 is 4.39 Å². The van der Waals surface area contributed by atoms with Crippen molar-refractivity contribution in [3.63, 3.8) is 0 Å². The molecule has 76 valence electrons. The fourth-order valence-electron chi connectivity index (χ4n) is 0.933. The molecule has 0 saturated carbocycles. The lowest BCUT2D eigenvalue weighted by Crippen LogP contribution is -2.28. The second-order valence-corrected chi connectivity index (χ2v) is 2.55. The third-order valence-corrected chi connectivity index (χ3v) is 1.61. The topological polar surface area (TPSA) is 12.9 Å². The molecule has 2 heteroatoms. The van der Waals surface area contributed by atoms with Gasteiger partial charge in [-0.05, 0) is 23.8 Å². The Morgan fingerprint density at radius 3 is 2.50 bits per heavy atom. The van der Waals surface area contributed by atoms with Crippen LogP contribution in [0.5, 0.6) is 0 Å². The molecule has 0 unspecified atom stereocenters. The standard InChI is InChI=1S/C10H10FN.C2H6/c1-4-7(2)10-8(3)5-9(11)6-12-10;1-2/h4-6H,1,3H2,2H3;1-2H3/b10-7+;. The number of hydrogen-bond donors (Lipinski definition) is 0. The molecule has 1 heterocycles. The van der Waals surface area contributed by atoms with Crippen LogP contribution in [0.4, 0.5) is 4.39 Å². The summed E-state index contributed by atoms with van der Waals surface area (Å²) in [6, 6.07) is 1.36. The molecule has 0 bridgehead atoms. The van der Waals surface area contributed by atoms with Gasteiger partial charge in [0.25, 0.3) is 0 Å². The molecule has 0 amide bonds. The van der Waals surface area contributed by atoms with Crippen molar-refractivity contribution in [3.05, 3.63) is 41.3 Å². The molecule has 0 aliphatic rings. The van der Waals surface area contributed by atoms with Gasteiger partial charge in [0.2, 0.25) is 0 Å². The fraction of sp³-hybridized carbons (Fsp3) is 0.250. The Morgan fingerprint density at radius 1 is 1.50 bits per heavy atom. The zero-order chi connectivity index (χ0) is 11.1. The normalized spacial score (nSPS) is 11.1. The van der Waals surface area contributed by atoms with E-state index < -0.39 is 0 Å². The zero-order valence-electron chi connectivity index (χ0n) is 8.97. The first kappa shape index (κ1) is 12.6. The van der Waals surface area contributed by atoms with E-state index in [2.05, 4.69) is 18.1 Å². The van der Waals surface area contributed by atoms with E-state index in [0.29, 0.717) is 10.6 Å². The first-order valence-corrected chi connectivity index (χ1v) is 4.59. The quantitative estimate of drug-likeness (QED) is 0.665. The first-order chi connectivity index (χ1) is 6.65. The minimum absolute atomic E-state index is 0.361. The van der Waals surface area contributed by atoms with Crippen LogP contribution in [0.25, 0.3) is 12.2 Å². The van der Waals surface area contributed by atoms with Crippen LogP contribution in [0.2, 0.25) is 0 Å². The molecule has 1 nitrogen and oxygen atoms in total. The second kappa shape index (κ2) is 6.08. The van der Waals surface area contributed by atoms with Crippen LogP contribution >= 0.6 is 0 Å². The van der Waals surface area contributed by atoms with Gasteiger partial charge in [0.1, 0.15) is 5.82 Å². The lowest BCUT2D eigenvalue weighted by atomic mass is 10.2.